The molecule has 0 radical (unpaired) electrons. The fourth-order valence-electron chi connectivity index (χ4n) is 4.09. The normalized spacial score (nSPS) is 22.1. The highest BCUT2D eigenvalue weighted by Gasteiger charge is 2.43. The predicted molar refractivity (Wildman–Crippen MR) is 99.7 cm³/mol. The third kappa shape index (κ3) is 4.68. The summed E-state index contributed by atoms with van der Waals surface area (Å²) in [6, 6.07) is 5.09. The second-order valence-electron chi connectivity index (χ2n) is 7.62. The van der Waals surface area contributed by atoms with E-state index in [1.54, 1.807) is 6.07 Å². The van der Waals surface area contributed by atoms with Gasteiger partial charge in [-0.05, 0) is 24.5 Å². The largest absolute Gasteiger partial charge is 0.416 e. The fourth-order valence-corrected chi connectivity index (χ4v) is 5.37. The number of carbonyl (C=O) groups is 1. The number of rotatable bonds is 5. The summed E-state index contributed by atoms with van der Waals surface area (Å²) in [5.41, 5.74) is -1.24. The zero-order chi connectivity index (χ0) is 20.4. The van der Waals surface area contributed by atoms with E-state index >= 15 is 0 Å². The molecule has 2 aliphatic rings. The van der Waals surface area contributed by atoms with Gasteiger partial charge in [-0.25, -0.2) is 8.42 Å². The van der Waals surface area contributed by atoms with Gasteiger partial charge in [-0.1, -0.05) is 31.0 Å². The van der Waals surface area contributed by atoms with Gasteiger partial charge in [0.05, 0.1) is 22.5 Å². The van der Waals surface area contributed by atoms with Crippen LogP contribution in [0.25, 0.3) is 0 Å². The van der Waals surface area contributed by atoms with Crippen LogP contribution in [0.2, 0.25) is 0 Å². The van der Waals surface area contributed by atoms with Crippen LogP contribution in [0.15, 0.2) is 24.3 Å². The topological polar surface area (TPSA) is 66.5 Å². The van der Waals surface area contributed by atoms with E-state index in [-0.39, 0.29) is 17.4 Å². The smallest absolute Gasteiger partial charge is 0.354 e. The first-order valence-corrected chi connectivity index (χ1v) is 11.3. The number of carbonyl (C=O) groups excluding carboxylic acids is 1. The van der Waals surface area contributed by atoms with Crippen LogP contribution in [0.3, 0.4) is 0 Å². The third-order valence-electron chi connectivity index (χ3n) is 5.78. The van der Waals surface area contributed by atoms with Crippen molar-refractivity contribution in [3.63, 3.8) is 0 Å². The molecule has 5 nitrogen and oxygen atoms in total. The maximum atomic E-state index is 13.1. The van der Waals surface area contributed by atoms with Crippen molar-refractivity contribution in [3.8, 4) is 0 Å². The van der Waals surface area contributed by atoms with E-state index in [0.717, 1.165) is 25.0 Å². The van der Waals surface area contributed by atoms with Crippen molar-refractivity contribution < 1.29 is 26.4 Å². The molecule has 0 aromatic heterocycles. The lowest BCUT2D eigenvalue weighted by molar-refractivity contribution is -0.138. The molecule has 28 heavy (non-hydrogen) atoms. The predicted octanol–water partition coefficient (Wildman–Crippen LogP) is 2.36. The van der Waals surface area contributed by atoms with Gasteiger partial charge in [0.15, 0.2) is 9.84 Å². The minimum atomic E-state index is -4.44. The summed E-state index contributed by atoms with van der Waals surface area (Å²) in [6.07, 6.45) is -1.79. The van der Waals surface area contributed by atoms with Gasteiger partial charge >= 0.3 is 6.18 Å². The molecule has 9 heteroatoms. The van der Waals surface area contributed by atoms with E-state index in [4.69, 9.17) is 0 Å². The van der Waals surface area contributed by atoms with Crippen molar-refractivity contribution in [1.82, 2.24) is 10.2 Å². The second-order valence-corrected chi connectivity index (χ2v) is 9.92. The SMILES string of the molecule is O=C(NCCN1CCS(=O)(=O)CC1)C1(c2cccc(C(F)(F)F)c2)CCCC1. The van der Waals surface area contributed by atoms with Crippen LogP contribution in [-0.4, -0.2) is 56.9 Å². The van der Waals surface area contributed by atoms with Gasteiger partial charge in [-0.3, -0.25) is 9.69 Å². The Morgan fingerprint density at radius 3 is 2.39 bits per heavy atom. The van der Waals surface area contributed by atoms with Gasteiger partial charge in [0.25, 0.3) is 0 Å². The molecule has 1 saturated heterocycles. The Hall–Kier alpha value is -1.61. The Kier molecular flexibility index (Phi) is 6.05. The van der Waals surface area contributed by atoms with E-state index < -0.39 is 27.0 Å². The Morgan fingerprint density at radius 1 is 1.14 bits per heavy atom. The molecule has 0 atom stereocenters. The molecule has 3 rings (SSSR count). The van der Waals surface area contributed by atoms with E-state index in [1.807, 2.05) is 4.90 Å². The molecule has 1 amide bonds. The fraction of sp³-hybridized carbons (Fsp3) is 0.632. The van der Waals surface area contributed by atoms with Crippen molar-refractivity contribution in [2.24, 2.45) is 0 Å². The zero-order valence-corrected chi connectivity index (χ0v) is 16.4. The van der Waals surface area contributed by atoms with Crippen molar-refractivity contribution >= 4 is 15.7 Å². The Bertz CT molecular complexity index is 804. The van der Waals surface area contributed by atoms with Gasteiger partial charge in [0.1, 0.15) is 0 Å². The highest BCUT2D eigenvalue weighted by molar-refractivity contribution is 7.91. The molecule has 1 aliphatic heterocycles. The van der Waals surface area contributed by atoms with E-state index in [9.17, 15) is 26.4 Å². The van der Waals surface area contributed by atoms with E-state index in [0.29, 0.717) is 44.6 Å². The first kappa shape index (κ1) is 21.1. The Labute approximate surface area is 163 Å². The van der Waals surface area contributed by atoms with Crippen molar-refractivity contribution in [3.05, 3.63) is 35.4 Å². The summed E-state index contributed by atoms with van der Waals surface area (Å²) in [7, 11) is -2.95. The van der Waals surface area contributed by atoms with Gasteiger partial charge in [0.2, 0.25) is 5.91 Å². The highest BCUT2D eigenvalue weighted by atomic mass is 32.2. The average molecular weight is 418 g/mol. The highest BCUT2D eigenvalue weighted by Crippen LogP contribution is 2.43. The van der Waals surface area contributed by atoms with Crippen LogP contribution in [0.5, 0.6) is 0 Å². The van der Waals surface area contributed by atoms with Crippen LogP contribution in [0.1, 0.15) is 36.8 Å². The minimum Gasteiger partial charge on any atom is -0.354 e. The van der Waals surface area contributed by atoms with Crippen LogP contribution in [-0.2, 0) is 26.2 Å². The second kappa shape index (κ2) is 8.02. The molecule has 1 heterocycles. The van der Waals surface area contributed by atoms with Crippen LogP contribution in [0, 0.1) is 0 Å². The lowest BCUT2D eigenvalue weighted by Gasteiger charge is -2.30. The van der Waals surface area contributed by atoms with Gasteiger partial charge < -0.3 is 5.32 Å². The summed E-state index contributed by atoms with van der Waals surface area (Å²) < 4.78 is 62.2. The number of halogens is 3. The Balaban J connectivity index is 1.66. The lowest BCUT2D eigenvalue weighted by Crippen LogP contribution is -2.47. The molecule has 1 saturated carbocycles. The van der Waals surface area contributed by atoms with Crippen LogP contribution in [0.4, 0.5) is 13.2 Å². The molecule has 1 aliphatic carbocycles. The molecule has 1 N–H and O–H groups in total. The summed E-state index contributed by atoms with van der Waals surface area (Å²) in [5, 5.41) is 2.88. The molecule has 2 fully saturated rings. The van der Waals surface area contributed by atoms with Crippen molar-refractivity contribution in [2.45, 2.75) is 37.3 Å². The third-order valence-corrected chi connectivity index (χ3v) is 7.39. The first-order valence-electron chi connectivity index (χ1n) is 9.51. The Morgan fingerprint density at radius 2 is 1.79 bits per heavy atom. The van der Waals surface area contributed by atoms with Crippen molar-refractivity contribution in [1.29, 1.82) is 0 Å². The van der Waals surface area contributed by atoms with Gasteiger partial charge in [-0.15, -0.1) is 0 Å². The number of benzene rings is 1. The van der Waals surface area contributed by atoms with Gasteiger partial charge in [0, 0.05) is 26.2 Å². The molecule has 0 bridgehead atoms. The van der Waals surface area contributed by atoms with Gasteiger partial charge in [-0.2, -0.15) is 13.2 Å². The molecule has 1 aromatic carbocycles. The number of nitrogens with one attached hydrogen (secondary N) is 1. The monoisotopic (exact) mass is 418 g/mol. The minimum absolute atomic E-state index is 0.120. The summed E-state index contributed by atoms with van der Waals surface area (Å²) in [4.78, 5) is 14.9. The first-order chi connectivity index (χ1) is 13.1. The summed E-state index contributed by atoms with van der Waals surface area (Å²) in [5.74, 6) is -0.00139. The standard InChI is InChI=1S/C19H25F3N2O3S/c20-19(21,22)16-5-3-4-15(14-16)18(6-1-2-7-18)17(25)23-8-9-24-10-12-28(26,27)13-11-24/h3-5,14H,1-2,6-13H2,(H,23,25). The number of amides is 1. The van der Waals surface area contributed by atoms with Crippen LogP contribution >= 0.6 is 0 Å². The molecule has 1 aromatic rings. The maximum Gasteiger partial charge on any atom is 0.416 e. The van der Waals surface area contributed by atoms with E-state index in [2.05, 4.69) is 5.32 Å². The molecule has 156 valence electrons. The molecular weight excluding hydrogens is 393 g/mol. The number of sulfone groups is 1. The number of hydrogen-bond donors (Lipinski definition) is 1. The number of hydrogen-bond acceptors (Lipinski definition) is 4. The van der Waals surface area contributed by atoms with Crippen molar-refractivity contribution in [2.75, 3.05) is 37.7 Å². The van der Waals surface area contributed by atoms with Crippen LogP contribution < -0.4 is 5.32 Å². The molecular formula is C19H25F3N2O3S. The summed E-state index contributed by atoms with van der Waals surface area (Å²) in [6.45, 7) is 1.76. The quantitative estimate of drug-likeness (QED) is 0.797. The lowest BCUT2D eigenvalue weighted by atomic mass is 9.77. The molecule has 0 spiro atoms. The van der Waals surface area contributed by atoms with E-state index in [1.165, 1.54) is 6.07 Å². The zero-order valence-electron chi connectivity index (χ0n) is 15.6. The molecule has 0 unspecified atom stereocenters. The maximum absolute atomic E-state index is 13.1. The number of alkyl halides is 3. The number of nitrogens with zero attached hydrogens (tertiary/aromatic N) is 1. The summed E-state index contributed by atoms with van der Waals surface area (Å²) >= 11 is 0. The average Bonchev–Trinajstić information content (AvgIpc) is 3.14.